The van der Waals surface area contributed by atoms with Crippen LogP contribution in [-0.2, 0) is 4.79 Å². The molecule has 1 amide bonds. The van der Waals surface area contributed by atoms with Crippen LogP contribution in [0.1, 0.15) is 30.2 Å². The molecule has 0 saturated heterocycles. The number of benzene rings is 2. The molecular weight excluding hydrogens is 434 g/mol. The van der Waals surface area contributed by atoms with Gasteiger partial charge in [-0.25, -0.2) is 4.98 Å². The van der Waals surface area contributed by atoms with Crippen molar-refractivity contribution < 1.29 is 9.59 Å². The number of halogens is 1. The number of hydrogen-bond donors (Lipinski definition) is 1. The molecule has 31 heavy (non-hydrogen) atoms. The van der Waals surface area contributed by atoms with E-state index < -0.39 is 6.04 Å². The van der Waals surface area contributed by atoms with E-state index in [1.807, 2.05) is 17.5 Å². The molecule has 0 spiro atoms. The predicted octanol–water partition coefficient (Wildman–Crippen LogP) is 5.18. The second kappa shape index (κ2) is 8.45. The summed E-state index contributed by atoms with van der Waals surface area (Å²) in [5, 5.41) is 5.64. The number of Topliss-reactive ketones (excluding diaryl/α,β-unsaturated/α-hetero) is 1. The highest BCUT2D eigenvalue weighted by atomic mass is 35.5. The van der Waals surface area contributed by atoms with E-state index in [1.54, 1.807) is 43.3 Å². The van der Waals surface area contributed by atoms with E-state index in [0.717, 1.165) is 11.1 Å². The summed E-state index contributed by atoms with van der Waals surface area (Å²) in [5.41, 5.74) is 2.40. The number of amides is 1. The first-order chi connectivity index (χ1) is 14.8. The van der Waals surface area contributed by atoms with E-state index in [1.165, 1.54) is 29.2 Å². The Kier molecular flexibility index (Phi) is 5.71. The summed E-state index contributed by atoms with van der Waals surface area (Å²) < 4.78 is 1.36. The molecule has 0 aliphatic carbocycles. The summed E-state index contributed by atoms with van der Waals surface area (Å²) in [7, 11) is 0. The summed E-state index contributed by atoms with van der Waals surface area (Å²) in [6, 6.07) is 13.1. The maximum Gasteiger partial charge on any atom is 0.263 e. The minimum atomic E-state index is -0.742. The molecule has 0 fully saturated rings. The van der Waals surface area contributed by atoms with E-state index in [2.05, 4.69) is 10.3 Å². The first-order valence-electron chi connectivity index (χ1n) is 9.51. The zero-order chi connectivity index (χ0) is 22.1. The van der Waals surface area contributed by atoms with Crippen LogP contribution < -0.4 is 10.9 Å². The van der Waals surface area contributed by atoms with Crippen LogP contribution in [0.15, 0.2) is 65.0 Å². The molecule has 0 aliphatic rings. The van der Waals surface area contributed by atoms with Gasteiger partial charge >= 0.3 is 0 Å². The largest absolute Gasteiger partial charge is 0.326 e. The van der Waals surface area contributed by atoms with Crippen LogP contribution in [0.5, 0.6) is 0 Å². The van der Waals surface area contributed by atoms with Crippen molar-refractivity contribution in [3.05, 3.63) is 81.2 Å². The number of fused-ring (bicyclic) bond motifs is 1. The Morgan fingerprint density at radius 2 is 1.77 bits per heavy atom. The first-order valence-corrected chi connectivity index (χ1v) is 10.8. The molecule has 0 aliphatic heterocycles. The monoisotopic (exact) mass is 451 g/mol. The number of hydrogen-bond acceptors (Lipinski definition) is 5. The van der Waals surface area contributed by atoms with E-state index in [4.69, 9.17) is 11.6 Å². The third kappa shape index (κ3) is 4.15. The fourth-order valence-electron chi connectivity index (χ4n) is 3.35. The van der Waals surface area contributed by atoms with Crippen molar-refractivity contribution in [3.8, 4) is 11.1 Å². The summed E-state index contributed by atoms with van der Waals surface area (Å²) >= 11 is 7.37. The molecule has 1 atom stereocenters. The number of carbonyl (C=O) groups is 2. The zero-order valence-electron chi connectivity index (χ0n) is 16.8. The molecule has 0 saturated carbocycles. The van der Waals surface area contributed by atoms with Gasteiger partial charge in [-0.3, -0.25) is 19.0 Å². The Balaban J connectivity index is 1.70. The van der Waals surface area contributed by atoms with Crippen LogP contribution in [0.2, 0.25) is 5.02 Å². The van der Waals surface area contributed by atoms with Gasteiger partial charge in [-0.2, -0.15) is 0 Å². The highest BCUT2D eigenvalue weighted by Crippen LogP contribution is 2.31. The lowest BCUT2D eigenvalue weighted by Gasteiger charge is -2.14. The van der Waals surface area contributed by atoms with Gasteiger partial charge in [0, 0.05) is 34.1 Å². The molecule has 156 valence electrons. The summed E-state index contributed by atoms with van der Waals surface area (Å²) in [5.74, 6) is -0.411. The number of ketones is 1. The summed E-state index contributed by atoms with van der Waals surface area (Å²) in [4.78, 5) is 42.5. The molecule has 1 unspecified atom stereocenters. The van der Waals surface area contributed by atoms with Crippen molar-refractivity contribution in [1.29, 1.82) is 0 Å². The van der Waals surface area contributed by atoms with Gasteiger partial charge in [-0.1, -0.05) is 23.7 Å². The fourth-order valence-corrected chi connectivity index (χ4v) is 4.38. The Bertz CT molecular complexity index is 1340. The Hall–Kier alpha value is -3.29. The smallest absolute Gasteiger partial charge is 0.263 e. The van der Waals surface area contributed by atoms with Gasteiger partial charge in [0.1, 0.15) is 4.83 Å². The van der Waals surface area contributed by atoms with Crippen molar-refractivity contribution in [2.45, 2.75) is 19.9 Å². The number of rotatable bonds is 5. The molecule has 1 N–H and O–H groups in total. The van der Waals surface area contributed by atoms with Crippen molar-refractivity contribution >= 4 is 50.5 Å². The molecular formula is C23H18ClN3O3S. The fraction of sp³-hybridized carbons (Fsp3) is 0.130. The molecule has 2 heterocycles. The minimum absolute atomic E-state index is 0.189. The summed E-state index contributed by atoms with van der Waals surface area (Å²) in [6.07, 6.45) is 1.42. The SMILES string of the molecule is CC(=O)Nc1ccc(C(=O)C(C)n2cnc3scc(-c4ccc(Cl)cc4)c3c2=O)cc1. The second-order valence-electron chi connectivity index (χ2n) is 7.09. The second-order valence-corrected chi connectivity index (χ2v) is 8.39. The number of aromatic nitrogens is 2. The van der Waals surface area contributed by atoms with E-state index >= 15 is 0 Å². The third-order valence-corrected chi connectivity index (χ3v) is 6.10. The molecule has 4 aromatic rings. The van der Waals surface area contributed by atoms with Crippen molar-refractivity contribution in [2.24, 2.45) is 0 Å². The number of anilines is 1. The van der Waals surface area contributed by atoms with Crippen LogP contribution in [0, 0.1) is 0 Å². The lowest BCUT2D eigenvalue weighted by Crippen LogP contribution is -2.28. The van der Waals surface area contributed by atoms with E-state index in [9.17, 15) is 14.4 Å². The van der Waals surface area contributed by atoms with Gasteiger partial charge in [-0.15, -0.1) is 11.3 Å². The van der Waals surface area contributed by atoms with Crippen LogP contribution in [-0.4, -0.2) is 21.2 Å². The predicted molar refractivity (Wildman–Crippen MR) is 124 cm³/mol. The number of thiophene rings is 1. The normalized spacial score (nSPS) is 12.0. The van der Waals surface area contributed by atoms with Gasteiger partial charge in [0.15, 0.2) is 5.78 Å². The molecule has 4 rings (SSSR count). The Morgan fingerprint density at radius 3 is 2.42 bits per heavy atom. The van der Waals surface area contributed by atoms with Crippen molar-refractivity contribution in [3.63, 3.8) is 0 Å². The number of carbonyl (C=O) groups excluding carboxylic acids is 2. The molecule has 0 bridgehead atoms. The number of nitrogens with zero attached hydrogens (tertiary/aromatic N) is 2. The van der Waals surface area contributed by atoms with Crippen molar-refractivity contribution in [2.75, 3.05) is 5.32 Å². The van der Waals surface area contributed by atoms with Crippen LogP contribution in [0.4, 0.5) is 5.69 Å². The van der Waals surface area contributed by atoms with Crippen molar-refractivity contribution in [1.82, 2.24) is 9.55 Å². The lowest BCUT2D eigenvalue weighted by molar-refractivity contribution is -0.114. The van der Waals surface area contributed by atoms with Gasteiger partial charge in [-0.05, 0) is 48.9 Å². The highest BCUT2D eigenvalue weighted by Gasteiger charge is 2.21. The van der Waals surface area contributed by atoms with Crippen LogP contribution in [0.25, 0.3) is 21.3 Å². The Labute approximate surface area is 187 Å². The number of nitrogens with one attached hydrogen (secondary N) is 1. The van der Waals surface area contributed by atoms with E-state index in [0.29, 0.717) is 26.5 Å². The van der Waals surface area contributed by atoms with Gasteiger partial charge in [0.05, 0.1) is 17.8 Å². The van der Waals surface area contributed by atoms with Crippen LogP contribution in [0.3, 0.4) is 0 Å². The third-order valence-electron chi connectivity index (χ3n) is 4.96. The topological polar surface area (TPSA) is 81.1 Å². The molecule has 6 nitrogen and oxygen atoms in total. The minimum Gasteiger partial charge on any atom is -0.326 e. The average Bonchev–Trinajstić information content (AvgIpc) is 3.19. The van der Waals surface area contributed by atoms with Gasteiger partial charge in [0.2, 0.25) is 5.91 Å². The molecule has 0 radical (unpaired) electrons. The Morgan fingerprint density at radius 1 is 1.10 bits per heavy atom. The molecule has 2 aromatic carbocycles. The highest BCUT2D eigenvalue weighted by molar-refractivity contribution is 7.17. The molecule has 8 heteroatoms. The lowest BCUT2D eigenvalue weighted by atomic mass is 10.0. The quantitative estimate of drug-likeness (QED) is 0.424. The summed E-state index contributed by atoms with van der Waals surface area (Å²) in [6.45, 7) is 3.09. The van der Waals surface area contributed by atoms with Gasteiger partial charge in [0.25, 0.3) is 5.56 Å². The maximum absolute atomic E-state index is 13.3. The zero-order valence-corrected chi connectivity index (χ0v) is 18.3. The van der Waals surface area contributed by atoms with E-state index in [-0.39, 0.29) is 17.2 Å². The molecule has 2 aromatic heterocycles. The van der Waals surface area contributed by atoms with Gasteiger partial charge < -0.3 is 5.32 Å². The average molecular weight is 452 g/mol. The maximum atomic E-state index is 13.3. The standard InChI is InChI=1S/C23H18ClN3O3S/c1-13(21(29)16-5-9-18(10-6-16)26-14(2)28)27-12-25-22-20(23(27)30)19(11-31-22)15-3-7-17(24)8-4-15/h3-13H,1-2H3,(H,26,28). The van der Waals surface area contributed by atoms with Crippen LogP contribution >= 0.6 is 22.9 Å². The first kappa shape index (κ1) is 21.0.